The first-order chi connectivity index (χ1) is 23.0. The van der Waals surface area contributed by atoms with Crippen molar-refractivity contribution in [2.45, 2.75) is 208 Å². The van der Waals surface area contributed by atoms with Crippen LogP contribution in [-0.2, 0) is 22.5 Å². The molecule has 0 amide bonds. The number of hydrogen-bond donors (Lipinski definition) is 0. The number of esters is 1. The van der Waals surface area contributed by atoms with Crippen molar-refractivity contribution in [3.63, 3.8) is 0 Å². The Morgan fingerprint density at radius 3 is 1.31 bits per heavy atom. The van der Waals surface area contributed by atoms with Gasteiger partial charge in [0.05, 0.1) is 0 Å². The summed E-state index contributed by atoms with van der Waals surface area (Å²) in [6.07, 6.45) is 35.5. The summed E-state index contributed by atoms with van der Waals surface area (Å²) in [6.45, 7) is 10.2. The molecule has 49 heavy (non-hydrogen) atoms. The van der Waals surface area contributed by atoms with Crippen LogP contribution in [0.5, 0.6) is 0 Å². The topological polar surface area (TPSA) is 30.2 Å². The number of aromatic nitrogens is 1. The Labute approximate surface area is 296 Å². The Morgan fingerprint density at radius 2 is 0.918 bits per heavy atom. The number of rotatable bonds is 30. The molecule has 292 valence electrons. The molecule has 1 heterocycles. The first kappa shape index (κ1) is 47.6. The number of carbonyl (C=O) groups excluding carboxylic acids is 1. The zero-order valence-electron chi connectivity index (χ0n) is 31.6. The molecule has 0 N–H and O–H groups in total. The van der Waals surface area contributed by atoms with Gasteiger partial charge in [0.25, 0.3) is 0 Å². The van der Waals surface area contributed by atoms with E-state index < -0.39 is 7.81 Å². The molecule has 10 heteroatoms. The molecule has 0 unspecified atom stereocenters. The molecule has 0 saturated carbocycles. The van der Waals surface area contributed by atoms with Gasteiger partial charge in [0.2, 0.25) is 0 Å². The molecule has 0 aliphatic heterocycles. The van der Waals surface area contributed by atoms with E-state index in [9.17, 15) is 30.0 Å². The number of carbonyl (C=O) groups is 1. The van der Waals surface area contributed by atoms with E-state index in [4.69, 9.17) is 4.74 Å². The monoisotopic (exact) mass is 732 g/mol. The molecule has 1 aromatic rings. The molecule has 0 saturated heterocycles. The molecule has 0 spiro atoms. The van der Waals surface area contributed by atoms with Crippen LogP contribution < -0.4 is 4.57 Å². The number of ether oxygens (including phenoxy) is 1. The Bertz CT molecular complexity index is 961. The maximum absolute atomic E-state index is 12.3. The summed E-state index contributed by atoms with van der Waals surface area (Å²) in [5.41, 5.74) is 4.00. The normalized spacial score (nSPS) is 13.0. The van der Waals surface area contributed by atoms with E-state index >= 15 is 0 Å². The molecule has 0 radical (unpaired) electrons. The van der Waals surface area contributed by atoms with Gasteiger partial charge >= 0.3 is 39.0 Å². The predicted octanol–water partition coefficient (Wildman–Crippen LogP) is 15.2. The van der Waals surface area contributed by atoms with E-state index in [-0.39, 0.29) is 5.97 Å². The number of halogens is 6. The first-order valence-electron chi connectivity index (χ1n) is 19.8. The van der Waals surface area contributed by atoms with Crippen LogP contribution in [0.4, 0.5) is 25.2 Å². The third kappa shape index (κ3) is 37.7. The molecule has 0 atom stereocenters. The average Bonchev–Trinajstić information content (AvgIpc) is 2.99. The summed E-state index contributed by atoms with van der Waals surface area (Å²) in [7, 11) is -10.7. The number of nitrogens with zero attached hydrogens (tertiary/aromatic N) is 1. The Kier molecular flexibility index (Phi) is 25.7. The number of hydrogen-bond acceptors (Lipinski definition) is 2. The van der Waals surface area contributed by atoms with E-state index in [0.717, 1.165) is 25.8 Å². The maximum atomic E-state index is 12.3. The van der Waals surface area contributed by atoms with Gasteiger partial charge in [-0.3, -0.25) is 4.79 Å². The fourth-order valence-corrected chi connectivity index (χ4v) is 6.30. The average molecular weight is 732 g/mol. The van der Waals surface area contributed by atoms with Crippen molar-refractivity contribution in [1.82, 2.24) is 0 Å². The number of pyridine rings is 1. The number of unbranched alkanes of at least 4 members (excludes halogenated alkanes) is 23. The van der Waals surface area contributed by atoms with Crippen LogP contribution in [0.2, 0.25) is 0 Å². The third-order valence-corrected chi connectivity index (χ3v) is 8.95. The summed E-state index contributed by atoms with van der Waals surface area (Å²) in [4.78, 5) is 12.3. The van der Waals surface area contributed by atoms with Crippen LogP contribution in [0.25, 0.3) is 0 Å². The molecule has 3 nitrogen and oxygen atoms in total. The summed E-state index contributed by atoms with van der Waals surface area (Å²) in [6, 6.07) is 4.59. The van der Waals surface area contributed by atoms with E-state index in [1.54, 1.807) is 0 Å². The van der Waals surface area contributed by atoms with Crippen LogP contribution in [0, 0.1) is 13.8 Å². The van der Waals surface area contributed by atoms with Crippen molar-refractivity contribution in [3.05, 3.63) is 29.1 Å². The van der Waals surface area contributed by atoms with Crippen molar-refractivity contribution in [3.8, 4) is 0 Å². The van der Waals surface area contributed by atoms with Gasteiger partial charge in [-0.15, -0.1) is 0 Å². The van der Waals surface area contributed by atoms with Gasteiger partial charge in [-0.2, -0.15) is 4.57 Å². The Hall–Kier alpha value is -1.37. The minimum atomic E-state index is -10.7. The summed E-state index contributed by atoms with van der Waals surface area (Å²) < 4.78 is 67.2. The third-order valence-electron chi connectivity index (χ3n) is 8.95. The van der Waals surface area contributed by atoms with Crippen LogP contribution in [0.1, 0.15) is 198 Å². The molecule has 0 aromatic carbocycles. The SMILES string of the molecule is CCCCCCCCCCCCCCCC(=O)OCC[n+]1c(C)cc(C)cc1CCCCCCCCCCCCCC.F[P-](F)(F)(F)(F)F. The standard InChI is InChI=1S/C39H72NO2.F6P/c1-5-7-9-11-13-15-17-19-21-23-25-27-29-31-39(41)42-33-32-40-37(4)34-36(3)35-38(40)30-28-26-24-22-20-18-16-14-12-10-8-6-2;1-7(2,3,4,5)6/h34-35H,5-33H2,1-4H3;/q+1;-1. The number of aryl methyl sites for hydroxylation is 3. The fourth-order valence-electron chi connectivity index (χ4n) is 6.30. The van der Waals surface area contributed by atoms with Crippen molar-refractivity contribution < 1.29 is 39.3 Å². The van der Waals surface area contributed by atoms with E-state index in [0.29, 0.717) is 13.0 Å². The molecule has 1 aromatic heterocycles. The zero-order valence-corrected chi connectivity index (χ0v) is 32.5. The molecular formula is C39H72F6NO2P. The molecule has 0 aliphatic rings. The van der Waals surface area contributed by atoms with Crippen molar-refractivity contribution in [2.75, 3.05) is 6.61 Å². The summed E-state index contributed by atoms with van der Waals surface area (Å²) in [5, 5.41) is 0. The minimum absolute atomic E-state index is 0.0223. The van der Waals surface area contributed by atoms with Crippen LogP contribution in [-0.4, -0.2) is 12.6 Å². The zero-order chi connectivity index (χ0) is 36.9. The Morgan fingerprint density at radius 1 is 0.571 bits per heavy atom. The van der Waals surface area contributed by atoms with Crippen LogP contribution in [0.3, 0.4) is 0 Å². The van der Waals surface area contributed by atoms with E-state index in [2.05, 4.69) is 44.4 Å². The summed E-state index contributed by atoms with van der Waals surface area (Å²) >= 11 is 0. The quantitative estimate of drug-likeness (QED) is 0.0259. The first-order valence-corrected chi connectivity index (χ1v) is 21.8. The molecule has 0 fully saturated rings. The van der Waals surface area contributed by atoms with Gasteiger partial charge in [0.15, 0.2) is 24.5 Å². The van der Waals surface area contributed by atoms with Gasteiger partial charge in [0.1, 0.15) is 0 Å². The Balaban J connectivity index is 0.00000295. The molecule has 0 aliphatic carbocycles. The summed E-state index contributed by atoms with van der Waals surface area (Å²) in [5.74, 6) is -0.0223. The second-order valence-corrected chi connectivity index (χ2v) is 16.0. The van der Waals surface area contributed by atoms with Gasteiger partial charge in [-0.1, -0.05) is 162 Å². The van der Waals surface area contributed by atoms with Gasteiger partial charge in [0, 0.05) is 31.9 Å². The van der Waals surface area contributed by atoms with Crippen molar-refractivity contribution in [2.24, 2.45) is 0 Å². The predicted molar refractivity (Wildman–Crippen MR) is 196 cm³/mol. The van der Waals surface area contributed by atoms with Crippen molar-refractivity contribution in [1.29, 1.82) is 0 Å². The molecular weight excluding hydrogens is 659 g/mol. The second kappa shape index (κ2) is 26.4. The van der Waals surface area contributed by atoms with Gasteiger partial charge < -0.3 is 4.74 Å². The van der Waals surface area contributed by atoms with E-state index in [1.807, 2.05) is 0 Å². The second-order valence-electron chi connectivity index (χ2n) is 14.1. The van der Waals surface area contributed by atoms with Crippen molar-refractivity contribution >= 4 is 13.8 Å². The molecule has 0 bridgehead atoms. The van der Waals surface area contributed by atoms with Gasteiger partial charge in [-0.25, -0.2) is 0 Å². The van der Waals surface area contributed by atoms with E-state index in [1.165, 1.54) is 165 Å². The van der Waals surface area contributed by atoms with Crippen LogP contribution >= 0.6 is 7.81 Å². The van der Waals surface area contributed by atoms with Crippen LogP contribution in [0.15, 0.2) is 12.1 Å². The van der Waals surface area contributed by atoms with Gasteiger partial charge in [-0.05, 0) is 25.3 Å². The molecule has 1 rings (SSSR count). The fraction of sp³-hybridized carbons (Fsp3) is 0.846.